The molecule has 2 aromatic carbocycles. The van der Waals surface area contributed by atoms with Gasteiger partial charge in [0.25, 0.3) is 0 Å². The Hall–Kier alpha value is -2.83. The molecule has 0 unspecified atom stereocenters. The van der Waals surface area contributed by atoms with Gasteiger partial charge in [0.15, 0.2) is 29.5 Å². The summed E-state index contributed by atoms with van der Waals surface area (Å²) in [7, 11) is 3.06. The lowest BCUT2D eigenvalue weighted by Gasteiger charge is -2.35. The number of carbonyl (C=O) groups excluding carboxylic acids is 1. The third-order valence-corrected chi connectivity index (χ3v) is 4.38. The van der Waals surface area contributed by atoms with Gasteiger partial charge in [-0.1, -0.05) is 24.3 Å². The van der Waals surface area contributed by atoms with Crippen LogP contribution in [0.3, 0.4) is 0 Å². The van der Waals surface area contributed by atoms with Crippen molar-refractivity contribution in [1.29, 1.82) is 0 Å². The number of fused-ring (bicyclic) bond motifs is 1. The third kappa shape index (κ3) is 2.94. The molecule has 6 heteroatoms. The van der Waals surface area contributed by atoms with Crippen LogP contribution in [-0.4, -0.2) is 26.1 Å². The van der Waals surface area contributed by atoms with E-state index >= 15 is 0 Å². The molecule has 0 spiro atoms. The second kappa shape index (κ2) is 7.59. The minimum absolute atomic E-state index is 0.329. The van der Waals surface area contributed by atoms with Crippen LogP contribution in [0.2, 0.25) is 0 Å². The maximum absolute atomic E-state index is 12.7. The van der Waals surface area contributed by atoms with E-state index < -0.39 is 18.0 Å². The number of hydrogen-bond donors (Lipinski definition) is 0. The molecule has 0 amide bonds. The van der Waals surface area contributed by atoms with Gasteiger partial charge in [-0.3, -0.25) is 4.79 Å². The first-order chi connectivity index (χ1) is 12.7. The normalized spacial score (nSPS) is 18.7. The Labute approximate surface area is 151 Å². The number of benzene rings is 2. The Morgan fingerprint density at radius 2 is 1.96 bits per heavy atom. The molecule has 0 aromatic heterocycles. The lowest BCUT2D eigenvalue weighted by Crippen LogP contribution is -2.41. The molecule has 1 heterocycles. The van der Waals surface area contributed by atoms with Crippen LogP contribution < -0.4 is 19.5 Å². The van der Waals surface area contributed by atoms with Crippen LogP contribution in [0.15, 0.2) is 49.1 Å². The van der Waals surface area contributed by atoms with Gasteiger partial charge in [-0.2, -0.15) is 0 Å². The summed E-state index contributed by atoms with van der Waals surface area (Å²) in [4.78, 5) is 17.0. The van der Waals surface area contributed by atoms with Crippen molar-refractivity contribution in [3.63, 3.8) is 0 Å². The van der Waals surface area contributed by atoms with Gasteiger partial charge in [-0.05, 0) is 24.6 Å². The quantitative estimate of drug-likeness (QED) is 0.450. The number of allylic oxidation sites excluding steroid dienone is 1. The minimum Gasteiger partial charge on any atom is -0.723 e. The van der Waals surface area contributed by atoms with Gasteiger partial charge in [0.1, 0.15) is 5.75 Å². The zero-order valence-electron chi connectivity index (χ0n) is 14.6. The molecule has 0 N–H and O–H groups in total. The van der Waals surface area contributed by atoms with Crippen molar-refractivity contribution in [2.45, 2.75) is 18.6 Å². The summed E-state index contributed by atoms with van der Waals surface area (Å²) in [6.07, 6.45) is -0.0557. The Bertz CT molecular complexity index is 829. The van der Waals surface area contributed by atoms with Crippen LogP contribution in [0.25, 0.3) is 0 Å². The first-order valence-electron chi connectivity index (χ1n) is 8.09. The summed E-state index contributed by atoms with van der Waals surface area (Å²) in [5.74, 6) is 1.04. The number of carbonyl (C=O) groups is 1. The highest BCUT2D eigenvalue weighted by Crippen LogP contribution is 2.42. The van der Waals surface area contributed by atoms with E-state index in [0.717, 1.165) is 5.56 Å². The standard InChI is InChI=1S/C20H20O6/c1-4-7-12-13(10-11-16(23-2)18(12)24-3)19-20(26-22)17(21)14-8-5-6-9-15(14)25-19/h4-6,8-11,19-20,22H,1,7H2,2-3H3/p-1/t19-,20-/m1/s1. The second-order valence-corrected chi connectivity index (χ2v) is 5.78. The second-order valence-electron chi connectivity index (χ2n) is 5.78. The zero-order chi connectivity index (χ0) is 18.7. The number of ether oxygens (including phenoxy) is 3. The number of para-hydroxylation sites is 1. The molecule has 0 bridgehead atoms. The summed E-state index contributed by atoms with van der Waals surface area (Å²) in [6.45, 7) is 3.77. The average Bonchev–Trinajstić information content (AvgIpc) is 2.67. The van der Waals surface area contributed by atoms with Crippen molar-refractivity contribution >= 4 is 5.78 Å². The number of hydrogen-bond acceptors (Lipinski definition) is 6. The van der Waals surface area contributed by atoms with E-state index in [-0.39, 0.29) is 0 Å². The SMILES string of the molecule is C=CCc1c([C@H]2Oc3ccccc3C(=O)[C@H]2O[O-])ccc(OC)c1OC. The molecule has 1 aliphatic rings. The molecule has 1 aliphatic heterocycles. The van der Waals surface area contributed by atoms with Crippen LogP contribution in [0, 0.1) is 0 Å². The molecule has 0 aliphatic carbocycles. The van der Waals surface area contributed by atoms with E-state index in [9.17, 15) is 10.1 Å². The molecule has 0 fully saturated rings. The van der Waals surface area contributed by atoms with Gasteiger partial charge in [0.2, 0.25) is 0 Å². The fraction of sp³-hybridized carbons (Fsp3) is 0.250. The van der Waals surface area contributed by atoms with Gasteiger partial charge >= 0.3 is 0 Å². The highest BCUT2D eigenvalue weighted by atomic mass is 17.1. The van der Waals surface area contributed by atoms with Crippen molar-refractivity contribution in [2.75, 3.05) is 14.2 Å². The number of methoxy groups -OCH3 is 2. The van der Waals surface area contributed by atoms with E-state index in [4.69, 9.17) is 14.2 Å². The largest absolute Gasteiger partial charge is 0.723 e. The highest BCUT2D eigenvalue weighted by molar-refractivity contribution is 6.03. The molecule has 3 rings (SSSR count). The van der Waals surface area contributed by atoms with E-state index in [2.05, 4.69) is 11.5 Å². The molecular formula is C20H19O6-. The van der Waals surface area contributed by atoms with Gasteiger partial charge < -0.3 is 24.4 Å². The average molecular weight is 355 g/mol. The Morgan fingerprint density at radius 3 is 2.62 bits per heavy atom. The monoisotopic (exact) mass is 355 g/mol. The van der Waals surface area contributed by atoms with Crippen molar-refractivity contribution in [3.05, 3.63) is 65.7 Å². The lowest BCUT2D eigenvalue weighted by atomic mass is 9.89. The highest BCUT2D eigenvalue weighted by Gasteiger charge is 2.39. The van der Waals surface area contributed by atoms with Crippen molar-refractivity contribution in [2.24, 2.45) is 0 Å². The molecule has 0 saturated carbocycles. The van der Waals surface area contributed by atoms with Crippen LogP contribution >= 0.6 is 0 Å². The summed E-state index contributed by atoms with van der Waals surface area (Å²) in [5, 5.41) is 11.4. The van der Waals surface area contributed by atoms with E-state index in [1.54, 1.807) is 42.5 Å². The van der Waals surface area contributed by atoms with Gasteiger partial charge in [0.05, 0.1) is 19.8 Å². The molecule has 6 nitrogen and oxygen atoms in total. The molecule has 136 valence electrons. The lowest BCUT2D eigenvalue weighted by molar-refractivity contribution is -0.700. The topological polar surface area (TPSA) is 77.1 Å². The predicted octanol–water partition coefficient (Wildman–Crippen LogP) is 2.41. The fourth-order valence-electron chi connectivity index (χ4n) is 3.21. The summed E-state index contributed by atoms with van der Waals surface area (Å²) in [6, 6.07) is 10.2. The molecule has 26 heavy (non-hydrogen) atoms. The summed E-state index contributed by atoms with van der Waals surface area (Å²) < 4.78 is 16.8. The van der Waals surface area contributed by atoms with Gasteiger partial charge in [-0.25, -0.2) is 0 Å². The Balaban J connectivity index is 2.16. The van der Waals surface area contributed by atoms with Crippen molar-refractivity contribution < 1.29 is 29.1 Å². The smallest absolute Gasteiger partial charge is 0.198 e. The van der Waals surface area contributed by atoms with Crippen LogP contribution in [0.1, 0.15) is 27.6 Å². The summed E-state index contributed by atoms with van der Waals surface area (Å²) in [5.41, 5.74) is 1.67. The van der Waals surface area contributed by atoms with Gasteiger partial charge in [0, 0.05) is 11.1 Å². The van der Waals surface area contributed by atoms with E-state index in [1.165, 1.54) is 14.2 Å². The van der Waals surface area contributed by atoms with Crippen LogP contribution in [0.4, 0.5) is 0 Å². The van der Waals surface area contributed by atoms with Crippen LogP contribution in [0.5, 0.6) is 17.2 Å². The number of ketones is 1. The van der Waals surface area contributed by atoms with Gasteiger partial charge in [-0.15, -0.1) is 6.58 Å². The molecule has 0 radical (unpaired) electrons. The van der Waals surface area contributed by atoms with Crippen LogP contribution in [-0.2, 0) is 11.3 Å². The molecular weight excluding hydrogens is 336 g/mol. The molecule has 2 aromatic rings. The molecule has 0 saturated heterocycles. The first-order valence-corrected chi connectivity index (χ1v) is 8.09. The van der Waals surface area contributed by atoms with E-state index in [0.29, 0.717) is 34.8 Å². The van der Waals surface area contributed by atoms with Crippen molar-refractivity contribution in [3.8, 4) is 17.2 Å². The summed E-state index contributed by atoms with van der Waals surface area (Å²) >= 11 is 0. The van der Waals surface area contributed by atoms with E-state index in [1.807, 2.05) is 0 Å². The minimum atomic E-state index is -1.30. The molecule has 2 atom stereocenters. The zero-order valence-corrected chi connectivity index (χ0v) is 14.6. The Kier molecular flexibility index (Phi) is 5.25. The maximum Gasteiger partial charge on any atom is 0.198 e. The van der Waals surface area contributed by atoms with Crippen molar-refractivity contribution in [1.82, 2.24) is 0 Å². The Morgan fingerprint density at radius 1 is 1.19 bits per heavy atom. The third-order valence-electron chi connectivity index (χ3n) is 4.38. The maximum atomic E-state index is 12.7. The fourth-order valence-corrected chi connectivity index (χ4v) is 3.21. The predicted molar refractivity (Wildman–Crippen MR) is 92.5 cm³/mol. The number of Topliss-reactive ketones (excluding diaryl/α,β-unsaturated/α-hetero) is 1. The first kappa shape index (κ1) is 18.0. The number of rotatable bonds is 6.